The second-order valence-corrected chi connectivity index (χ2v) is 7.27. The lowest BCUT2D eigenvalue weighted by molar-refractivity contribution is -0.146. The van der Waals surface area contributed by atoms with Gasteiger partial charge in [0, 0.05) is 0 Å². The Kier molecular flexibility index (Phi) is 6.42. The lowest BCUT2D eigenvalue weighted by Crippen LogP contribution is -2.50. The van der Waals surface area contributed by atoms with Crippen molar-refractivity contribution < 1.29 is 19.1 Å². The molecule has 0 aliphatic carbocycles. The molecule has 0 radical (unpaired) electrons. The number of methoxy groups -OCH3 is 1. The fourth-order valence-corrected chi connectivity index (χ4v) is 2.95. The third kappa shape index (κ3) is 4.49. The summed E-state index contributed by atoms with van der Waals surface area (Å²) < 4.78 is 10.4. The van der Waals surface area contributed by atoms with E-state index in [1.54, 1.807) is 75.4 Å². The lowest BCUT2D eigenvalue weighted by atomic mass is 9.72. The number of rotatable bonds is 5. The number of amides is 1. The van der Waals surface area contributed by atoms with E-state index in [9.17, 15) is 14.9 Å². The van der Waals surface area contributed by atoms with Crippen molar-refractivity contribution in [2.75, 3.05) is 7.11 Å². The van der Waals surface area contributed by atoms with E-state index in [1.165, 1.54) is 7.11 Å². The molecular weight excluding hydrogens is 356 g/mol. The minimum Gasteiger partial charge on any atom is -0.468 e. The van der Waals surface area contributed by atoms with Gasteiger partial charge in [-0.1, -0.05) is 60.7 Å². The van der Waals surface area contributed by atoms with Crippen LogP contribution in [-0.2, 0) is 19.7 Å². The van der Waals surface area contributed by atoms with E-state index in [2.05, 4.69) is 11.4 Å². The number of carbonyl (C=O) groups is 2. The minimum atomic E-state index is -1.80. The number of nitrogens with zero attached hydrogens (tertiary/aromatic N) is 1. The Labute approximate surface area is 165 Å². The first-order valence-electron chi connectivity index (χ1n) is 8.84. The summed E-state index contributed by atoms with van der Waals surface area (Å²) in [6, 6.07) is 18.4. The first-order chi connectivity index (χ1) is 13.2. The molecule has 2 rings (SSSR count). The molecule has 2 aromatic carbocycles. The van der Waals surface area contributed by atoms with Crippen LogP contribution < -0.4 is 5.32 Å². The van der Waals surface area contributed by atoms with Crippen LogP contribution in [0.1, 0.15) is 37.9 Å². The van der Waals surface area contributed by atoms with Crippen LogP contribution in [0.4, 0.5) is 4.79 Å². The number of nitriles is 1. The summed E-state index contributed by atoms with van der Waals surface area (Å²) in [5, 5.41) is 12.9. The van der Waals surface area contributed by atoms with Gasteiger partial charge in [0.2, 0.25) is 5.41 Å². The number of ether oxygens (including phenoxy) is 2. The number of hydrogen-bond acceptors (Lipinski definition) is 5. The van der Waals surface area contributed by atoms with Crippen LogP contribution in [0.3, 0.4) is 0 Å². The molecule has 1 N–H and O–H groups in total. The van der Waals surface area contributed by atoms with Gasteiger partial charge in [-0.25, -0.2) is 9.59 Å². The number of carbonyl (C=O) groups excluding carboxylic acids is 2. The Morgan fingerprint density at radius 2 is 1.54 bits per heavy atom. The van der Waals surface area contributed by atoms with Gasteiger partial charge in [0.15, 0.2) is 0 Å². The van der Waals surface area contributed by atoms with Crippen LogP contribution in [0, 0.1) is 11.3 Å². The molecule has 2 atom stereocenters. The van der Waals surface area contributed by atoms with E-state index in [-0.39, 0.29) is 0 Å². The second kappa shape index (κ2) is 8.57. The molecule has 0 aromatic heterocycles. The van der Waals surface area contributed by atoms with Crippen molar-refractivity contribution in [3.05, 3.63) is 71.8 Å². The van der Waals surface area contributed by atoms with Crippen LogP contribution in [0.25, 0.3) is 0 Å². The molecule has 0 aliphatic heterocycles. The molecule has 6 nitrogen and oxygen atoms in total. The Morgan fingerprint density at radius 3 is 2.00 bits per heavy atom. The fraction of sp³-hybridized carbons (Fsp3) is 0.318. The molecule has 1 amide bonds. The van der Waals surface area contributed by atoms with Crippen LogP contribution in [0.2, 0.25) is 0 Å². The van der Waals surface area contributed by atoms with Gasteiger partial charge in [0.05, 0.1) is 19.2 Å². The van der Waals surface area contributed by atoms with E-state index < -0.39 is 29.1 Å². The van der Waals surface area contributed by atoms with Crippen LogP contribution >= 0.6 is 0 Å². The normalized spacial score (nSPS) is 14.1. The van der Waals surface area contributed by atoms with Crippen molar-refractivity contribution in [2.24, 2.45) is 0 Å². The Hall–Kier alpha value is -3.33. The highest BCUT2D eigenvalue weighted by Crippen LogP contribution is 2.38. The first-order valence-corrected chi connectivity index (χ1v) is 8.84. The number of hydrogen-bond donors (Lipinski definition) is 1. The summed E-state index contributed by atoms with van der Waals surface area (Å²) in [6.45, 7) is 5.21. The van der Waals surface area contributed by atoms with Crippen molar-refractivity contribution >= 4 is 12.1 Å². The van der Waals surface area contributed by atoms with E-state index >= 15 is 0 Å². The van der Waals surface area contributed by atoms with Crippen molar-refractivity contribution in [1.29, 1.82) is 5.26 Å². The maximum atomic E-state index is 12.9. The van der Waals surface area contributed by atoms with Gasteiger partial charge in [0.1, 0.15) is 5.60 Å². The quantitative estimate of drug-likeness (QED) is 0.795. The van der Waals surface area contributed by atoms with Crippen LogP contribution in [0.15, 0.2) is 60.7 Å². The lowest BCUT2D eigenvalue weighted by Gasteiger charge is -2.34. The van der Waals surface area contributed by atoms with Gasteiger partial charge in [0.25, 0.3) is 0 Å². The van der Waals surface area contributed by atoms with Crippen molar-refractivity contribution in [1.82, 2.24) is 5.32 Å². The average Bonchev–Trinajstić information content (AvgIpc) is 2.68. The molecule has 0 spiro atoms. The highest BCUT2D eigenvalue weighted by atomic mass is 16.6. The third-order valence-corrected chi connectivity index (χ3v) is 4.14. The van der Waals surface area contributed by atoms with Crippen molar-refractivity contribution in [2.45, 2.75) is 37.8 Å². The predicted octanol–water partition coefficient (Wildman–Crippen LogP) is 3.89. The zero-order valence-corrected chi connectivity index (χ0v) is 16.4. The smallest absolute Gasteiger partial charge is 0.408 e. The molecule has 0 saturated carbocycles. The van der Waals surface area contributed by atoms with Gasteiger partial charge in [-0.05, 0) is 31.9 Å². The van der Waals surface area contributed by atoms with Crippen molar-refractivity contribution in [3.8, 4) is 6.07 Å². The maximum Gasteiger partial charge on any atom is 0.408 e. The van der Waals surface area contributed by atoms with E-state index in [4.69, 9.17) is 9.47 Å². The Balaban J connectivity index is 2.64. The highest BCUT2D eigenvalue weighted by molar-refractivity contribution is 5.89. The molecule has 0 fully saturated rings. The molecule has 146 valence electrons. The molecule has 0 heterocycles. The largest absolute Gasteiger partial charge is 0.468 e. The van der Waals surface area contributed by atoms with Gasteiger partial charge in [-0.2, -0.15) is 5.26 Å². The van der Waals surface area contributed by atoms with Gasteiger partial charge >= 0.3 is 12.1 Å². The van der Waals surface area contributed by atoms with E-state index in [0.717, 1.165) is 0 Å². The summed E-state index contributed by atoms with van der Waals surface area (Å²) in [7, 11) is 1.22. The monoisotopic (exact) mass is 380 g/mol. The predicted molar refractivity (Wildman–Crippen MR) is 104 cm³/mol. The molecule has 2 aromatic rings. The zero-order chi connectivity index (χ0) is 20.8. The van der Waals surface area contributed by atoms with Crippen LogP contribution in [0.5, 0.6) is 0 Å². The average molecular weight is 380 g/mol. The molecule has 6 heteroatoms. The third-order valence-electron chi connectivity index (χ3n) is 4.14. The van der Waals surface area contributed by atoms with Gasteiger partial charge in [-0.3, -0.25) is 0 Å². The summed E-state index contributed by atoms with van der Waals surface area (Å²) in [6.07, 6.45) is -0.735. The molecular formula is C22H24N2O4. The van der Waals surface area contributed by atoms with E-state index in [1.807, 2.05) is 6.07 Å². The number of benzene rings is 2. The molecule has 0 bridgehead atoms. The Bertz CT molecular complexity index is 854. The molecule has 0 saturated heterocycles. The maximum absolute atomic E-state index is 12.9. The minimum absolute atomic E-state index is 0.411. The summed E-state index contributed by atoms with van der Waals surface area (Å²) in [4.78, 5) is 25.5. The zero-order valence-electron chi connectivity index (χ0n) is 16.4. The number of alkyl carbamates (subject to hydrolysis) is 1. The molecule has 0 unspecified atom stereocenters. The second-order valence-electron chi connectivity index (χ2n) is 7.27. The molecule has 0 aliphatic rings. The fourth-order valence-electron chi connectivity index (χ4n) is 2.95. The molecule has 28 heavy (non-hydrogen) atoms. The van der Waals surface area contributed by atoms with Crippen LogP contribution in [-0.4, -0.2) is 24.8 Å². The van der Waals surface area contributed by atoms with Gasteiger partial charge < -0.3 is 14.8 Å². The topological polar surface area (TPSA) is 88.4 Å². The number of nitrogens with one attached hydrogen (secondary N) is 1. The SMILES string of the molecule is COC(=O)[C@@](C#N)(c1ccccc1)[C@H](NC(=O)OC(C)(C)C)c1ccccc1. The summed E-state index contributed by atoms with van der Waals surface area (Å²) in [5.74, 6) is -0.772. The summed E-state index contributed by atoms with van der Waals surface area (Å²) >= 11 is 0. The highest BCUT2D eigenvalue weighted by Gasteiger charge is 2.51. The van der Waals surface area contributed by atoms with E-state index in [0.29, 0.717) is 11.1 Å². The van der Waals surface area contributed by atoms with Gasteiger partial charge in [-0.15, -0.1) is 0 Å². The number of esters is 1. The van der Waals surface area contributed by atoms with Crippen molar-refractivity contribution in [3.63, 3.8) is 0 Å². The first kappa shape index (κ1) is 21.0. The standard InChI is InChI=1S/C22H24N2O4/c1-21(2,3)28-20(26)24-18(16-11-7-5-8-12-16)22(15-23,19(25)27-4)17-13-9-6-10-14-17/h5-14,18H,1-4H3,(H,24,26)/t18-,22+/m1/s1. The Morgan fingerprint density at radius 1 is 1.00 bits per heavy atom. The summed E-state index contributed by atoms with van der Waals surface area (Å²) in [5.41, 5.74) is -1.55.